The topological polar surface area (TPSA) is 0 Å². The van der Waals surface area contributed by atoms with Crippen LogP contribution in [0.1, 0.15) is 140 Å². The molecule has 6 aliphatic rings. The van der Waals surface area contributed by atoms with Gasteiger partial charge in [0.2, 0.25) is 0 Å². The number of allylic oxidation sites excluding steroid dienone is 8. The Morgan fingerprint density at radius 1 is 0.596 bits per heavy atom. The van der Waals surface area contributed by atoms with Gasteiger partial charge in [-0.1, -0.05) is 144 Å². The SMILES string of the molecule is CCC1CC(C(C)(C)C)CC1C(c1ccccc1)C1C2C=C3C(=CC2C2C=C4C(=CC21)C(C)(C)CCC4(C)C)C(C)(C)CCC3(C)C. The monoisotopic (exact) mass is 633 g/mol. The first kappa shape index (κ1) is 33.7. The minimum atomic E-state index is 0.248. The Morgan fingerprint density at radius 3 is 1.38 bits per heavy atom. The smallest absolute Gasteiger partial charge is 0.00908 e. The van der Waals surface area contributed by atoms with E-state index in [9.17, 15) is 0 Å². The number of fused-ring (bicyclic) bond motifs is 5. The van der Waals surface area contributed by atoms with Crippen LogP contribution in [0.25, 0.3) is 0 Å². The highest BCUT2D eigenvalue weighted by molar-refractivity contribution is 5.52. The molecule has 0 aliphatic heterocycles. The summed E-state index contributed by atoms with van der Waals surface area (Å²) in [5.41, 5.74) is 9.81. The summed E-state index contributed by atoms with van der Waals surface area (Å²) in [7, 11) is 0. The lowest BCUT2D eigenvalue weighted by Crippen LogP contribution is -2.37. The standard InChI is InChI=1S/C47H68/c1-13-29-23-31(43(2,3)4)24-32(29)41(30-17-15-14-16-18-30)42-35-27-39-37(44(5,6)19-21-46(39,9)10)25-33(35)34-26-38-40(28-36(34)42)47(11,12)22-20-45(38,7)8/h14-18,25-29,31-36,41-42H,13,19-24H2,1-12H3. The van der Waals surface area contributed by atoms with Gasteiger partial charge >= 0.3 is 0 Å². The summed E-state index contributed by atoms with van der Waals surface area (Å²) in [5, 5.41) is 0. The maximum atomic E-state index is 2.92. The normalized spacial score (nSPS) is 38.5. The molecule has 0 bridgehead atoms. The van der Waals surface area contributed by atoms with Gasteiger partial charge in [-0.25, -0.2) is 0 Å². The molecule has 0 nitrogen and oxygen atoms in total. The van der Waals surface area contributed by atoms with E-state index in [1.54, 1.807) is 27.9 Å². The third kappa shape index (κ3) is 5.44. The summed E-state index contributed by atoms with van der Waals surface area (Å²) in [6.45, 7) is 30.4. The molecule has 0 radical (unpaired) electrons. The molecule has 8 unspecified atom stereocenters. The molecule has 4 fully saturated rings. The minimum absolute atomic E-state index is 0.248. The first-order valence-corrected chi connectivity index (χ1v) is 19.8. The maximum absolute atomic E-state index is 2.92. The van der Waals surface area contributed by atoms with Gasteiger partial charge in [-0.15, -0.1) is 0 Å². The first-order chi connectivity index (χ1) is 21.9. The van der Waals surface area contributed by atoms with Crippen molar-refractivity contribution >= 4 is 0 Å². The fraction of sp³-hybridized carbons (Fsp3) is 0.702. The summed E-state index contributed by atoms with van der Waals surface area (Å²) < 4.78 is 0. The van der Waals surface area contributed by atoms with Crippen LogP contribution in [0.4, 0.5) is 0 Å². The van der Waals surface area contributed by atoms with E-state index in [4.69, 9.17) is 0 Å². The van der Waals surface area contributed by atoms with Crippen molar-refractivity contribution in [1.29, 1.82) is 0 Å². The van der Waals surface area contributed by atoms with E-state index in [0.717, 1.165) is 17.8 Å². The van der Waals surface area contributed by atoms with Crippen LogP contribution >= 0.6 is 0 Å². The zero-order chi connectivity index (χ0) is 33.9. The van der Waals surface area contributed by atoms with Crippen molar-refractivity contribution in [2.75, 3.05) is 0 Å². The van der Waals surface area contributed by atoms with E-state index in [-0.39, 0.29) is 21.7 Å². The van der Waals surface area contributed by atoms with Gasteiger partial charge in [-0.3, -0.25) is 0 Å². The fourth-order valence-corrected chi connectivity index (χ4v) is 12.1. The Labute approximate surface area is 290 Å². The molecule has 0 spiro atoms. The van der Waals surface area contributed by atoms with Gasteiger partial charge in [0.1, 0.15) is 0 Å². The van der Waals surface area contributed by atoms with Crippen molar-refractivity contribution in [2.45, 2.75) is 134 Å². The van der Waals surface area contributed by atoms with Crippen molar-refractivity contribution < 1.29 is 0 Å². The van der Waals surface area contributed by atoms with Gasteiger partial charge < -0.3 is 0 Å². The molecule has 6 aliphatic carbocycles. The molecule has 7 rings (SSSR count). The molecule has 1 aromatic rings. The maximum Gasteiger partial charge on any atom is -0.00908 e. The molecule has 47 heavy (non-hydrogen) atoms. The van der Waals surface area contributed by atoms with Gasteiger partial charge in [-0.05, 0) is 147 Å². The van der Waals surface area contributed by atoms with Crippen LogP contribution in [0.2, 0.25) is 0 Å². The van der Waals surface area contributed by atoms with Gasteiger partial charge in [0.25, 0.3) is 0 Å². The zero-order valence-electron chi connectivity index (χ0n) is 32.3. The second kappa shape index (κ2) is 11.1. The average Bonchev–Trinajstić information content (AvgIpc) is 3.57. The highest BCUT2D eigenvalue weighted by Crippen LogP contribution is 2.67. The lowest BCUT2D eigenvalue weighted by Gasteiger charge is -2.48. The lowest BCUT2D eigenvalue weighted by atomic mass is 9.56. The van der Waals surface area contributed by atoms with Crippen LogP contribution in [0.3, 0.4) is 0 Å². The highest BCUT2D eigenvalue weighted by atomic mass is 14.6. The Bertz CT molecular complexity index is 1420. The molecule has 0 heteroatoms. The summed E-state index contributed by atoms with van der Waals surface area (Å²) in [6.07, 6.45) is 20.9. The van der Waals surface area contributed by atoms with Crippen LogP contribution < -0.4 is 0 Å². The van der Waals surface area contributed by atoms with Crippen molar-refractivity contribution in [1.82, 2.24) is 0 Å². The molecule has 1 aromatic carbocycles. The summed E-state index contributed by atoms with van der Waals surface area (Å²) in [6, 6.07) is 12.0. The molecule has 8 atom stereocenters. The molecule has 0 N–H and O–H groups in total. The number of hydrogen-bond donors (Lipinski definition) is 0. The van der Waals surface area contributed by atoms with E-state index >= 15 is 0 Å². The van der Waals surface area contributed by atoms with Crippen molar-refractivity contribution in [3.63, 3.8) is 0 Å². The third-order valence-electron chi connectivity index (χ3n) is 15.5. The van der Waals surface area contributed by atoms with Gasteiger partial charge in [0.05, 0.1) is 0 Å². The van der Waals surface area contributed by atoms with E-state index in [0.29, 0.717) is 40.9 Å². The van der Waals surface area contributed by atoms with Crippen LogP contribution in [-0.4, -0.2) is 0 Å². The lowest BCUT2D eigenvalue weighted by molar-refractivity contribution is 0.184. The van der Waals surface area contributed by atoms with E-state index in [1.807, 2.05) is 0 Å². The predicted octanol–water partition coefficient (Wildman–Crippen LogP) is 13.4. The van der Waals surface area contributed by atoms with Gasteiger partial charge in [0.15, 0.2) is 0 Å². The first-order valence-electron chi connectivity index (χ1n) is 19.8. The Morgan fingerprint density at radius 2 is 1.00 bits per heavy atom. The Balaban J connectivity index is 1.45. The van der Waals surface area contributed by atoms with Crippen molar-refractivity contribution in [2.24, 2.45) is 74.4 Å². The average molecular weight is 633 g/mol. The molecule has 4 saturated carbocycles. The van der Waals surface area contributed by atoms with Gasteiger partial charge in [0, 0.05) is 0 Å². The summed E-state index contributed by atoms with van der Waals surface area (Å²) in [4.78, 5) is 0. The van der Waals surface area contributed by atoms with Crippen molar-refractivity contribution in [3.05, 3.63) is 82.5 Å². The highest BCUT2D eigenvalue weighted by Gasteiger charge is 2.58. The number of rotatable bonds is 4. The largest absolute Gasteiger partial charge is 0.0764 e. The van der Waals surface area contributed by atoms with Crippen LogP contribution in [0.5, 0.6) is 0 Å². The van der Waals surface area contributed by atoms with E-state index in [1.165, 1.54) is 44.9 Å². The Hall–Kier alpha value is -1.82. The Kier molecular flexibility index (Phi) is 7.94. The molecule has 0 aromatic heterocycles. The summed E-state index contributed by atoms with van der Waals surface area (Å²) >= 11 is 0. The zero-order valence-corrected chi connectivity index (χ0v) is 32.3. The predicted molar refractivity (Wildman–Crippen MR) is 202 cm³/mol. The quantitative estimate of drug-likeness (QED) is 0.310. The number of benzene rings is 1. The van der Waals surface area contributed by atoms with Crippen molar-refractivity contribution in [3.8, 4) is 0 Å². The van der Waals surface area contributed by atoms with Crippen LogP contribution in [-0.2, 0) is 0 Å². The number of hydrogen-bond acceptors (Lipinski definition) is 0. The molecule has 256 valence electrons. The summed E-state index contributed by atoms with van der Waals surface area (Å²) in [5.74, 6) is 5.94. The van der Waals surface area contributed by atoms with Gasteiger partial charge in [-0.2, -0.15) is 0 Å². The van der Waals surface area contributed by atoms with Crippen LogP contribution in [0.15, 0.2) is 76.9 Å². The van der Waals surface area contributed by atoms with Crippen LogP contribution in [0, 0.1) is 74.4 Å². The molecular formula is C47H68. The second-order valence-electron chi connectivity index (χ2n) is 21.0. The van der Waals surface area contributed by atoms with E-state index in [2.05, 4.69) is 138 Å². The molecule has 0 amide bonds. The molecular weight excluding hydrogens is 565 g/mol. The molecule has 0 saturated heterocycles. The third-order valence-corrected chi connectivity index (χ3v) is 15.5. The second-order valence-corrected chi connectivity index (χ2v) is 21.0. The fourth-order valence-electron chi connectivity index (χ4n) is 12.1. The minimum Gasteiger partial charge on any atom is -0.0764 e. The molecule has 0 heterocycles. The van der Waals surface area contributed by atoms with E-state index < -0.39 is 0 Å².